The SMILES string of the molecule is Cc1cccc(CSCC(=O)N2CCN(Cc3cccnc3)CC2)c1. The molecular weight excluding hydrogens is 330 g/mol. The second kappa shape index (κ2) is 9.02. The van der Waals surface area contributed by atoms with Gasteiger partial charge in [0.15, 0.2) is 0 Å². The first-order chi connectivity index (χ1) is 12.2. The molecule has 1 aliphatic heterocycles. The van der Waals surface area contributed by atoms with Crippen LogP contribution in [0, 0.1) is 6.92 Å². The van der Waals surface area contributed by atoms with Gasteiger partial charge in [-0.15, -0.1) is 11.8 Å². The molecule has 0 N–H and O–H groups in total. The van der Waals surface area contributed by atoms with Crippen LogP contribution in [0.4, 0.5) is 0 Å². The van der Waals surface area contributed by atoms with Crippen LogP contribution >= 0.6 is 11.8 Å². The number of thioether (sulfide) groups is 1. The normalized spacial score (nSPS) is 15.3. The molecule has 0 saturated carbocycles. The Morgan fingerprint density at radius 3 is 2.64 bits per heavy atom. The van der Waals surface area contributed by atoms with E-state index in [9.17, 15) is 4.79 Å². The molecule has 1 aliphatic rings. The van der Waals surface area contributed by atoms with E-state index in [0.29, 0.717) is 5.75 Å². The standard InChI is InChI=1S/C20H25N3OS/c1-17-4-2-5-18(12-17)15-25-16-20(24)23-10-8-22(9-11-23)14-19-6-3-7-21-13-19/h2-7,12-13H,8-11,14-16H2,1H3. The van der Waals surface area contributed by atoms with Crippen LogP contribution in [0.1, 0.15) is 16.7 Å². The minimum absolute atomic E-state index is 0.263. The van der Waals surface area contributed by atoms with Gasteiger partial charge in [0.25, 0.3) is 0 Å². The molecule has 1 fully saturated rings. The zero-order chi connectivity index (χ0) is 17.5. The van der Waals surface area contributed by atoms with Crippen LogP contribution in [-0.2, 0) is 17.1 Å². The van der Waals surface area contributed by atoms with Gasteiger partial charge in [-0.05, 0) is 24.1 Å². The molecule has 0 spiro atoms. The van der Waals surface area contributed by atoms with Crippen LogP contribution < -0.4 is 0 Å². The van der Waals surface area contributed by atoms with Crippen molar-refractivity contribution < 1.29 is 4.79 Å². The Morgan fingerprint density at radius 1 is 1.12 bits per heavy atom. The van der Waals surface area contributed by atoms with E-state index in [0.717, 1.165) is 38.5 Å². The Balaban J connectivity index is 1.38. The van der Waals surface area contributed by atoms with Crippen LogP contribution in [0.15, 0.2) is 48.8 Å². The number of rotatable bonds is 6. The first-order valence-electron chi connectivity index (χ1n) is 8.73. The zero-order valence-electron chi connectivity index (χ0n) is 14.7. The lowest BCUT2D eigenvalue weighted by molar-refractivity contribution is -0.130. The van der Waals surface area contributed by atoms with Crippen LogP contribution in [0.3, 0.4) is 0 Å². The maximum Gasteiger partial charge on any atom is 0.232 e. The Bertz CT molecular complexity index is 684. The van der Waals surface area contributed by atoms with Crippen molar-refractivity contribution in [3.8, 4) is 0 Å². The fourth-order valence-electron chi connectivity index (χ4n) is 3.05. The maximum atomic E-state index is 12.4. The van der Waals surface area contributed by atoms with Gasteiger partial charge in [0.2, 0.25) is 5.91 Å². The number of pyridine rings is 1. The second-order valence-corrected chi connectivity index (χ2v) is 7.49. The van der Waals surface area contributed by atoms with Crippen LogP contribution in [-0.4, -0.2) is 52.6 Å². The Kier molecular flexibility index (Phi) is 6.48. The summed E-state index contributed by atoms with van der Waals surface area (Å²) in [5.74, 6) is 1.73. The largest absolute Gasteiger partial charge is 0.339 e. The van der Waals surface area contributed by atoms with Crippen molar-refractivity contribution in [2.45, 2.75) is 19.2 Å². The smallest absolute Gasteiger partial charge is 0.232 e. The van der Waals surface area contributed by atoms with E-state index in [1.54, 1.807) is 18.0 Å². The topological polar surface area (TPSA) is 36.4 Å². The third-order valence-corrected chi connectivity index (χ3v) is 5.42. The summed E-state index contributed by atoms with van der Waals surface area (Å²) >= 11 is 1.71. The van der Waals surface area contributed by atoms with Crippen molar-refractivity contribution in [2.24, 2.45) is 0 Å². The van der Waals surface area contributed by atoms with E-state index >= 15 is 0 Å². The van der Waals surface area contributed by atoms with Crippen LogP contribution in [0.25, 0.3) is 0 Å². The van der Waals surface area contributed by atoms with Crippen molar-refractivity contribution in [3.63, 3.8) is 0 Å². The first kappa shape index (κ1) is 18.0. The van der Waals surface area contributed by atoms with Gasteiger partial charge in [0.05, 0.1) is 5.75 Å². The van der Waals surface area contributed by atoms with E-state index in [1.807, 2.05) is 17.2 Å². The highest BCUT2D eigenvalue weighted by Gasteiger charge is 2.20. The molecule has 25 heavy (non-hydrogen) atoms. The molecular formula is C20H25N3OS. The van der Waals surface area contributed by atoms with Gasteiger partial charge in [0, 0.05) is 50.9 Å². The monoisotopic (exact) mass is 355 g/mol. The lowest BCUT2D eigenvalue weighted by atomic mass is 10.2. The number of hydrogen-bond donors (Lipinski definition) is 0. The second-order valence-electron chi connectivity index (χ2n) is 6.50. The molecule has 3 rings (SSSR count). The molecule has 4 nitrogen and oxygen atoms in total. The molecule has 1 amide bonds. The quantitative estimate of drug-likeness (QED) is 0.798. The van der Waals surface area contributed by atoms with E-state index in [1.165, 1.54) is 16.7 Å². The lowest BCUT2D eigenvalue weighted by Crippen LogP contribution is -2.48. The average Bonchev–Trinajstić information content (AvgIpc) is 2.63. The number of piperazine rings is 1. The van der Waals surface area contributed by atoms with Crippen LogP contribution in [0.2, 0.25) is 0 Å². The summed E-state index contributed by atoms with van der Waals surface area (Å²) < 4.78 is 0. The molecule has 132 valence electrons. The van der Waals surface area contributed by atoms with Gasteiger partial charge in [-0.25, -0.2) is 0 Å². The summed E-state index contributed by atoms with van der Waals surface area (Å²) in [7, 11) is 0. The molecule has 1 aromatic carbocycles. The lowest BCUT2D eigenvalue weighted by Gasteiger charge is -2.34. The summed E-state index contributed by atoms with van der Waals surface area (Å²) in [6, 6.07) is 12.6. The number of aromatic nitrogens is 1. The Morgan fingerprint density at radius 2 is 1.92 bits per heavy atom. The highest BCUT2D eigenvalue weighted by molar-refractivity contribution is 7.99. The summed E-state index contributed by atoms with van der Waals surface area (Å²) in [5, 5.41) is 0. The van der Waals surface area contributed by atoms with Gasteiger partial charge in [0.1, 0.15) is 0 Å². The minimum Gasteiger partial charge on any atom is -0.339 e. The molecule has 0 atom stereocenters. The summed E-state index contributed by atoms with van der Waals surface area (Å²) in [6.07, 6.45) is 3.72. The molecule has 1 saturated heterocycles. The molecule has 5 heteroatoms. The number of amides is 1. The highest BCUT2D eigenvalue weighted by Crippen LogP contribution is 2.15. The van der Waals surface area contributed by atoms with Crippen molar-refractivity contribution in [1.82, 2.24) is 14.8 Å². The number of aryl methyl sites for hydroxylation is 1. The molecule has 0 unspecified atom stereocenters. The Labute approximate surface area is 154 Å². The number of benzene rings is 1. The Hall–Kier alpha value is -1.85. The fourth-order valence-corrected chi connectivity index (χ4v) is 3.93. The predicted molar refractivity (Wildman–Crippen MR) is 103 cm³/mol. The molecule has 2 aromatic rings. The van der Waals surface area contributed by atoms with Gasteiger partial charge in [-0.3, -0.25) is 14.7 Å². The number of hydrogen-bond acceptors (Lipinski definition) is 4. The summed E-state index contributed by atoms with van der Waals surface area (Å²) in [5.41, 5.74) is 3.80. The zero-order valence-corrected chi connectivity index (χ0v) is 15.5. The van der Waals surface area contributed by atoms with Crippen molar-refractivity contribution in [3.05, 3.63) is 65.5 Å². The number of carbonyl (C=O) groups is 1. The van der Waals surface area contributed by atoms with E-state index in [-0.39, 0.29) is 5.91 Å². The van der Waals surface area contributed by atoms with Crippen molar-refractivity contribution in [1.29, 1.82) is 0 Å². The molecule has 0 bridgehead atoms. The van der Waals surface area contributed by atoms with Gasteiger partial charge < -0.3 is 4.90 Å². The van der Waals surface area contributed by atoms with Gasteiger partial charge >= 0.3 is 0 Å². The minimum atomic E-state index is 0.263. The molecule has 2 heterocycles. The predicted octanol–water partition coefficient (Wildman–Crippen LogP) is 2.97. The van der Waals surface area contributed by atoms with E-state index in [4.69, 9.17) is 0 Å². The molecule has 0 radical (unpaired) electrons. The number of nitrogens with zero attached hydrogens (tertiary/aromatic N) is 3. The van der Waals surface area contributed by atoms with E-state index < -0.39 is 0 Å². The molecule has 1 aromatic heterocycles. The summed E-state index contributed by atoms with van der Waals surface area (Å²) in [4.78, 5) is 21.0. The van der Waals surface area contributed by atoms with E-state index in [2.05, 4.69) is 47.1 Å². The highest BCUT2D eigenvalue weighted by atomic mass is 32.2. The third kappa shape index (κ3) is 5.58. The first-order valence-corrected chi connectivity index (χ1v) is 9.88. The summed E-state index contributed by atoms with van der Waals surface area (Å²) in [6.45, 7) is 6.53. The van der Waals surface area contributed by atoms with Crippen molar-refractivity contribution >= 4 is 17.7 Å². The molecule has 0 aliphatic carbocycles. The fraction of sp³-hybridized carbons (Fsp3) is 0.400. The third-order valence-electron chi connectivity index (χ3n) is 4.43. The van der Waals surface area contributed by atoms with Gasteiger partial charge in [-0.2, -0.15) is 0 Å². The number of carbonyl (C=O) groups excluding carboxylic acids is 1. The van der Waals surface area contributed by atoms with Crippen LogP contribution in [0.5, 0.6) is 0 Å². The average molecular weight is 356 g/mol. The van der Waals surface area contributed by atoms with Crippen molar-refractivity contribution in [2.75, 3.05) is 31.9 Å². The van der Waals surface area contributed by atoms with Gasteiger partial charge in [-0.1, -0.05) is 35.9 Å². The maximum absolute atomic E-state index is 12.4.